The first kappa shape index (κ1) is 15.7. The molecular weight excluding hydrogens is 292 g/mol. The summed E-state index contributed by atoms with van der Waals surface area (Å²) < 4.78 is 7.31. The molecule has 1 aromatic heterocycles. The van der Waals surface area contributed by atoms with Crippen molar-refractivity contribution >= 4 is 11.6 Å². The molecule has 23 heavy (non-hydrogen) atoms. The lowest BCUT2D eigenvalue weighted by Gasteiger charge is -2.34. The number of nitrogens with zero attached hydrogens (tertiary/aromatic N) is 2. The first-order valence-corrected chi connectivity index (χ1v) is 7.82. The van der Waals surface area contributed by atoms with Gasteiger partial charge in [-0.15, -0.1) is 0 Å². The monoisotopic (exact) mass is 314 g/mol. The number of hydrogen-bond acceptors (Lipinski definition) is 4. The minimum absolute atomic E-state index is 0.0275. The molecule has 2 heterocycles. The number of rotatable bonds is 4. The zero-order valence-electron chi connectivity index (χ0n) is 13.3. The van der Waals surface area contributed by atoms with Gasteiger partial charge in [0.05, 0.1) is 5.41 Å². The van der Waals surface area contributed by atoms with Gasteiger partial charge in [-0.05, 0) is 25.0 Å². The number of carbonyl (C=O) groups excluding carboxylic acids is 1. The molecule has 0 atom stereocenters. The molecule has 1 aliphatic rings. The van der Waals surface area contributed by atoms with E-state index < -0.39 is 5.41 Å². The summed E-state index contributed by atoms with van der Waals surface area (Å²) in [6.45, 7) is 1.50. The van der Waals surface area contributed by atoms with Crippen molar-refractivity contribution in [3.63, 3.8) is 0 Å². The van der Waals surface area contributed by atoms with Crippen LogP contribution in [0.2, 0.25) is 0 Å². The number of ether oxygens (including phenoxy) is 1. The quantitative estimate of drug-likeness (QED) is 0.901. The molecule has 0 saturated carbocycles. The highest BCUT2D eigenvalue weighted by atomic mass is 16.5. The van der Waals surface area contributed by atoms with Crippen LogP contribution in [-0.2, 0) is 16.6 Å². The van der Waals surface area contributed by atoms with Crippen molar-refractivity contribution in [2.24, 2.45) is 18.2 Å². The van der Waals surface area contributed by atoms with Crippen LogP contribution >= 0.6 is 0 Å². The van der Waals surface area contributed by atoms with E-state index in [-0.39, 0.29) is 5.91 Å². The SMILES string of the molecule is Cn1ccnc1-c1cccc(NC(=O)C2(CN)CCOCC2)c1. The molecule has 1 saturated heterocycles. The van der Waals surface area contributed by atoms with Crippen molar-refractivity contribution in [2.45, 2.75) is 12.8 Å². The van der Waals surface area contributed by atoms with Gasteiger partial charge in [0.1, 0.15) is 5.82 Å². The standard InChI is InChI=1S/C17H22N4O2/c1-21-8-7-19-15(21)13-3-2-4-14(11-13)20-16(22)17(12-18)5-9-23-10-6-17/h2-4,7-8,11H,5-6,9-10,12,18H2,1H3,(H,20,22). The van der Waals surface area contributed by atoms with Crippen molar-refractivity contribution in [3.05, 3.63) is 36.7 Å². The van der Waals surface area contributed by atoms with Crippen molar-refractivity contribution in [2.75, 3.05) is 25.1 Å². The summed E-state index contributed by atoms with van der Waals surface area (Å²) in [5, 5.41) is 3.01. The Morgan fingerprint density at radius 2 is 2.22 bits per heavy atom. The van der Waals surface area contributed by atoms with Gasteiger partial charge >= 0.3 is 0 Å². The molecule has 2 aromatic rings. The van der Waals surface area contributed by atoms with Crippen LogP contribution in [0.1, 0.15) is 12.8 Å². The number of amides is 1. The topological polar surface area (TPSA) is 82.2 Å². The van der Waals surface area contributed by atoms with Gasteiger partial charge in [0, 0.05) is 50.5 Å². The van der Waals surface area contributed by atoms with E-state index in [2.05, 4.69) is 10.3 Å². The van der Waals surface area contributed by atoms with Crippen LogP contribution in [0.15, 0.2) is 36.7 Å². The van der Waals surface area contributed by atoms with Gasteiger partial charge < -0.3 is 20.4 Å². The highest BCUT2D eigenvalue weighted by molar-refractivity contribution is 5.96. The average molecular weight is 314 g/mol. The zero-order chi connectivity index (χ0) is 16.3. The lowest BCUT2D eigenvalue weighted by Crippen LogP contribution is -2.46. The summed E-state index contributed by atoms with van der Waals surface area (Å²) in [6, 6.07) is 7.71. The fourth-order valence-corrected chi connectivity index (χ4v) is 2.93. The molecule has 3 N–H and O–H groups in total. The molecule has 1 aromatic carbocycles. The largest absolute Gasteiger partial charge is 0.381 e. The van der Waals surface area contributed by atoms with Gasteiger partial charge in [-0.2, -0.15) is 0 Å². The second-order valence-electron chi connectivity index (χ2n) is 5.99. The second kappa shape index (κ2) is 6.52. The third kappa shape index (κ3) is 3.13. The zero-order valence-corrected chi connectivity index (χ0v) is 13.3. The second-order valence-corrected chi connectivity index (χ2v) is 5.99. The molecule has 1 aliphatic heterocycles. The molecule has 6 heteroatoms. The van der Waals surface area contributed by atoms with E-state index in [4.69, 9.17) is 10.5 Å². The Balaban J connectivity index is 1.80. The van der Waals surface area contributed by atoms with E-state index in [1.807, 2.05) is 42.1 Å². The van der Waals surface area contributed by atoms with Gasteiger partial charge in [0.15, 0.2) is 0 Å². The van der Waals surface area contributed by atoms with Gasteiger partial charge in [0.25, 0.3) is 0 Å². The first-order chi connectivity index (χ1) is 11.1. The summed E-state index contributed by atoms with van der Waals surface area (Å²) in [5.74, 6) is 0.834. The van der Waals surface area contributed by atoms with E-state index >= 15 is 0 Å². The molecule has 0 aliphatic carbocycles. The molecule has 122 valence electrons. The molecule has 0 bridgehead atoms. The Morgan fingerprint density at radius 3 is 2.87 bits per heavy atom. The van der Waals surface area contributed by atoms with Gasteiger partial charge in [-0.1, -0.05) is 12.1 Å². The number of carbonyl (C=O) groups is 1. The van der Waals surface area contributed by atoms with Crippen LogP contribution in [0, 0.1) is 5.41 Å². The first-order valence-electron chi connectivity index (χ1n) is 7.82. The van der Waals surface area contributed by atoms with Crippen LogP contribution in [0.5, 0.6) is 0 Å². The molecule has 0 radical (unpaired) electrons. The Kier molecular flexibility index (Phi) is 4.45. The molecule has 6 nitrogen and oxygen atoms in total. The Bertz CT molecular complexity index is 689. The predicted octanol–water partition coefficient (Wildman–Crippen LogP) is 1.78. The highest BCUT2D eigenvalue weighted by Crippen LogP contribution is 2.31. The summed E-state index contributed by atoms with van der Waals surface area (Å²) in [6.07, 6.45) is 4.97. The van der Waals surface area contributed by atoms with Crippen LogP contribution < -0.4 is 11.1 Å². The summed E-state index contributed by atoms with van der Waals surface area (Å²) in [7, 11) is 1.94. The minimum Gasteiger partial charge on any atom is -0.381 e. The maximum atomic E-state index is 12.7. The average Bonchev–Trinajstić information content (AvgIpc) is 3.01. The van der Waals surface area contributed by atoms with Gasteiger partial charge in [-0.25, -0.2) is 4.98 Å². The van der Waals surface area contributed by atoms with Crippen molar-refractivity contribution in [1.29, 1.82) is 0 Å². The third-order valence-corrected chi connectivity index (χ3v) is 4.52. The van der Waals surface area contributed by atoms with Crippen molar-refractivity contribution in [3.8, 4) is 11.4 Å². The molecular formula is C17H22N4O2. The number of aromatic nitrogens is 2. The number of nitrogens with one attached hydrogen (secondary N) is 1. The fraction of sp³-hybridized carbons (Fsp3) is 0.412. The highest BCUT2D eigenvalue weighted by Gasteiger charge is 2.38. The molecule has 0 unspecified atom stereocenters. The number of imidazole rings is 1. The van der Waals surface area contributed by atoms with Crippen LogP contribution in [-0.4, -0.2) is 35.2 Å². The molecule has 1 amide bonds. The normalized spacial score (nSPS) is 17.0. The summed E-state index contributed by atoms with van der Waals surface area (Å²) >= 11 is 0. The Labute approximate surface area is 135 Å². The minimum atomic E-state index is -0.530. The van der Waals surface area contributed by atoms with E-state index in [0.717, 1.165) is 17.1 Å². The summed E-state index contributed by atoms with van der Waals surface area (Å²) in [4.78, 5) is 17.1. The summed E-state index contributed by atoms with van der Waals surface area (Å²) in [5.41, 5.74) is 7.08. The van der Waals surface area contributed by atoms with Crippen LogP contribution in [0.4, 0.5) is 5.69 Å². The molecule has 0 spiro atoms. The number of nitrogens with two attached hydrogens (primary N) is 1. The Hall–Kier alpha value is -2.18. The third-order valence-electron chi connectivity index (χ3n) is 4.52. The lowest BCUT2D eigenvalue weighted by molar-refractivity contribution is -0.130. The van der Waals surface area contributed by atoms with E-state index in [9.17, 15) is 4.79 Å². The van der Waals surface area contributed by atoms with E-state index in [0.29, 0.717) is 32.6 Å². The van der Waals surface area contributed by atoms with Crippen LogP contribution in [0.3, 0.4) is 0 Å². The fourth-order valence-electron chi connectivity index (χ4n) is 2.93. The molecule has 1 fully saturated rings. The van der Waals surface area contributed by atoms with Crippen molar-refractivity contribution in [1.82, 2.24) is 9.55 Å². The van der Waals surface area contributed by atoms with Crippen molar-refractivity contribution < 1.29 is 9.53 Å². The molecule has 3 rings (SSSR count). The predicted molar refractivity (Wildman–Crippen MR) is 88.8 cm³/mol. The smallest absolute Gasteiger partial charge is 0.232 e. The van der Waals surface area contributed by atoms with E-state index in [1.165, 1.54) is 0 Å². The van der Waals surface area contributed by atoms with Crippen LogP contribution in [0.25, 0.3) is 11.4 Å². The lowest BCUT2D eigenvalue weighted by atomic mass is 9.79. The van der Waals surface area contributed by atoms with Gasteiger partial charge in [0.2, 0.25) is 5.91 Å². The van der Waals surface area contributed by atoms with Gasteiger partial charge in [-0.3, -0.25) is 4.79 Å². The maximum Gasteiger partial charge on any atom is 0.232 e. The number of aryl methyl sites for hydroxylation is 1. The number of benzene rings is 1. The number of hydrogen-bond donors (Lipinski definition) is 2. The van der Waals surface area contributed by atoms with E-state index in [1.54, 1.807) is 6.20 Å². The maximum absolute atomic E-state index is 12.7. The number of anilines is 1. The Morgan fingerprint density at radius 1 is 1.43 bits per heavy atom.